The molecule has 0 saturated heterocycles. The van der Waals surface area contributed by atoms with E-state index < -0.39 is 0 Å². The first-order chi connectivity index (χ1) is 12.8. The van der Waals surface area contributed by atoms with Gasteiger partial charge >= 0.3 is 5.97 Å². The minimum Gasteiger partial charge on any atom is -0.463 e. The van der Waals surface area contributed by atoms with E-state index in [0.29, 0.717) is 6.61 Å². The molecule has 0 aromatic carbocycles. The zero-order chi connectivity index (χ0) is 19.1. The fraction of sp³-hybridized carbons (Fsp3) is 0.875. The van der Waals surface area contributed by atoms with Crippen LogP contribution >= 0.6 is 0 Å². The van der Waals surface area contributed by atoms with Crippen molar-refractivity contribution in [3.8, 4) is 0 Å². The number of ether oxygens (including phenoxy) is 1. The van der Waals surface area contributed by atoms with Crippen molar-refractivity contribution < 1.29 is 9.53 Å². The zero-order valence-corrected chi connectivity index (χ0v) is 17.9. The molecule has 154 valence electrons. The summed E-state index contributed by atoms with van der Waals surface area (Å²) < 4.78 is 5.26. The highest BCUT2D eigenvalue weighted by molar-refractivity contribution is 5.81. The molecule has 0 spiro atoms. The Morgan fingerprint density at radius 3 is 1.54 bits per heavy atom. The molecule has 0 fully saturated rings. The van der Waals surface area contributed by atoms with Crippen LogP contribution in [0.3, 0.4) is 0 Å². The second kappa shape index (κ2) is 22.3. The largest absolute Gasteiger partial charge is 0.463 e. The average molecular weight is 367 g/mol. The molecule has 0 aliphatic heterocycles. The fourth-order valence-corrected chi connectivity index (χ4v) is 3.21. The summed E-state index contributed by atoms with van der Waals surface area (Å²) in [7, 11) is 0. The Balaban J connectivity index is 3.23. The van der Waals surface area contributed by atoms with Crippen molar-refractivity contribution in [2.24, 2.45) is 0 Å². The molecule has 0 radical (unpaired) electrons. The van der Waals surface area contributed by atoms with Gasteiger partial charge in [-0.3, -0.25) is 0 Å². The van der Waals surface area contributed by atoms with Crippen LogP contribution in [0.1, 0.15) is 129 Å². The predicted octanol–water partition coefficient (Wildman–Crippen LogP) is 8.15. The molecule has 0 aromatic heterocycles. The normalized spacial score (nSPS) is 11.3. The Morgan fingerprint density at radius 1 is 0.615 bits per heavy atom. The summed E-state index contributed by atoms with van der Waals surface area (Å²) >= 11 is 0. The minimum absolute atomic E-state index is 0.163. The quantitative estimate of drug-likeness (QED) is 0.123. The van der Waals surface area contributed by atoms with Gasteiger partial charge in [0.2, 0.25) is 0 Å². The number of allylic oxidation sites excluding steroid dienone is 1. The lowest BCUT2D eigenvalue weighted by Gasteiger charge is -2.03. The summed E-state index contributed by atoms with van der Waals surface area (Å²) in [6.07, 6.45) is 26.9. The highest BCUT2D eigenvalue weighted by Crippen LogP contribution is 2.11. The molecule has 0 N–H and O–H groups in total. The molecule has 2 heteroatoms. The van der Waals surface area contributed by atoms with Gasteiger partial charge in [-0.25, -0.2) is 4.79 Å². The minimum atomic E-state index is -0.163. The van der Waals surface area contributed by atoms with E-state index in [2.05, 4.69) is 13.8 Å². The molecule has 0 heterocycles. The third-order valence-corrected chi connectivity index (χ3v) is 4.97. The molecule has 0 unspecified atom stereocenters. The Bertz CT molecular complexity index is 309. The van der Waals surface area contributed by atoms with E-state index in [0.717, 1.165) is 12.8 Å². The van der Waals surface area contributed by atoms with Crippen molar-refractivity contribution in [3.63, 3.8) is 0 Å². The third kappa shape index (κ3) is 21.3. The average Bonchev–Trinajstić information content (AvgIpc) is 2.64. The van der Waals surface area contributed by atoms with Gasteiger partial charge in [0, 0.05) is 6.08 Å². The second-order valence-corrected chi connectivity index (χ2v) is 7.66. The summed E-state index contributed by atoms with van der Waals surface area (Å²) in [5.41, 5.74) is 0. The maximum Gasteiger partial charge on any atom is 0.330 e. The predicted molar refractivity (Wildman–Crippen MR) is 115 cm³/mol. The molecular formula is C24H46O2. The van der Waals surface area contributed by atoms with Crippen LogP contribution in [0, 0.1) is 0 Å². The maximum atomic E-state index is 11.6. The molecule has 0 bridgehead atoms. The van der Waals surface area contributed by atoms with Crippen molar-refractivity contribution in [2.45, 2.75) is 129 Å². The first kappa shape index (κ1) is 25.2. The lowest BCUT2D eigenvalue weighted by molar-refractivity contribution is -0.137. The lowest BCUT2D eigenvalue weighted by Crippen LogP contribution is -2.02. The van der Waals surface area contributed by atoms with E-state index in [1.165, 1.54) is 103 Å². The van der Waals surface area contributed by atoms with Gasteiger partial charge in [0.1, 0.15) is 0 Å². The SMILES string of the molecule is CCCCCCCCCC=CC(=O)OCCCCCCCCCCCC. The highest BCUT2D eigenvalue weighted by atomic mass is 16.5. The smallest absolute Gasteiger partial charge is 0.330 e. The summed E-state index contributed by atoms with van der Waals surface area (Å²) in [4.78, 5) is 11.6. The van der Waals surface area contributed by atoms with E-state index in [9.17, 15) is 4.79 Å². The van der Waals surface area contributed by atoms with E-state index in [1.807, 2.05) is 6.08 Å². The molecular weight excluding hydrogens is 320 g/mol. The number of hydrogen-bond donors (Lipinski definition) is 0. The first-order valence-corrected chi connectivity index (χ1v) is 11.6. The number of esters is 1. The van der Waals surface area contributed by atoms with Crippen molar-refractivity contribution in [3.05, 3.63) is 12.2 Å². The Morgan fingerprint density at radius 2 is 1.04 bits per heavy atom. The van der Waals surface area contributed by atoms with Crippen molar-refractivity contribution in [2.75, 3.05) is 6.61 Å². The number of unbranched alkanes of at least 4 members (excludes halogenated alkanes) is 16. The monoisotopic (exact) mass is 366 g/mol. The molecule has 0 saturated carbocycles. The summed E-state index contributed by atoms with van der Waals surface area (Å²) in [5.74, 6) is -0.163. The zero-order valence-electron chi connectivity index (χ0n) is 17.9. The Hall–Kier alpha value is -0.790. The topological polar surface area (TPSA) is 26.3 Å². The van der Waals surface area contributed by atoms with Crippen LogP contribution in [0.25, 0.3) is 0 Å². The van der Waals surface area contributed by atoms with Gasteiger partial charge in [0.05, 0.1) is 6.61 Å². The molecule has 26 heavy (non-hydrogen) atoms. The van der Waals surface area contributed by atoms with Crippen LogP contribution in [-0.4, -0.2) is 12.6 Å². The van der Waals surface area contributed by atoms with E-state index >= 15 is 0 Å². The van der Waals surface area contributed by atoms with Crippen LogP contribution < -0.4 is 0 Å². The van der Waals surface area contributed by atoms with Gasteiger partial charge in [0.15, 0.2) is 0 Å². The summed E-state index contributed by atoms with van der Waals surface area (Å²) in [5, 5.41) is 0. The molecule has 2 nitrogen and oxygen atoms in total. The van der Waals surface area contributed by atoms with Gasteiger partial charge in [-0.2, -0.15) is 0 Å². The standard InChI is InChI=1S/C24H46O2/c1-3-5-7-9-11-13-15-17-19-21-23-26-24(25)22-20-18-16-14-12-10-8-6-4-2/h20,22H,3-19,21,23H2,1-2H3. The van der Waals surface area contributed by atoms with Gasteiger partial charge < -0.3 is 4.74 Å². The number of rotatable bonds is 20. The summed E-state index contributed by atoms with van der Waals surface area (Å²) in [6, 6.07) is 0. The number of hydrogen-bond acceptors (Lipinski definition) is 2. The van der Waals surface area contributed by atoms with Crippen LogP contribution in [-0.2, 0) is 9.53 Å². The second-order valence-electron chi connectivity index (χ2n) is 7.66. The van der Waals surface area contributed by atoms with Crippen molar-refractivity contribution >= 4 is 5.97 Å². The lowest BCUT2D eigenvalue weighted by atomic mass is 10.1. The molecule has 0 atom stereocenters. The molecule has 0 aliphatic carbocycles. The van der Waals surface area contributed by atoms with Crippen molar-refractivity contribution in [1.82, 2.24) is 0 Å². The van der Waals surface area contributed by atoms with Crippen LogP contribution in [0.2, 0.25) is 0 Å². The Kier molecular flexibility index (Phi) is 21.6. The van der Waals surface area contributed by atoms with Crippen LogP contribution in [0.5, 0.6) is 0 Å². The van der Waals surface area contributed by atoms with Crippen molar-refractivity contribution in [1.29, 1.82) is 0 Å². The fourth-order valence-electron chi connectivity index (χ4n) is 3.21. The van der Waals surface area contributed by atoms with Crippen LogP contribution in [0.15, 0.2) is 12.2 Å². The number of carbonyl (C=O) groups is 1. The Labute approximate surface area is 164 Å². The van der Waals surface area contributed by atoms with E-state index in [-0.39, 0.29) is 5.97 Å². The van der Waals surface area contributed by atoms with E-state index in [4.69, 9.17) is 4.74 Å². The molecule has 0 aromatic rings. The number of carbonyl (C=O) groups excluding carboxylic acids is 1. The molecule has 0 amide bonds. The van der Waals surface area contributed by atoms with Gasteiger partial charge in [-0.05, 0) is 19.3 Å². The summed E-state index contributed by atoms with van der Waals surface area (Å²) in [6.45, 7) is 5.09. The van der Waals surface area contributed by atoms with Gasteiger partial charge in [0.25, 0.3) is 0 Å². The molecule has 0 aliphatic rings. The maximum absolute atomic E-state index is 11.6. The molecule has 0 rings (SSSR count). The highest BCUT2D eigenvalue weighted by Gasteiger charge is 1.97. The van der Waals surface area contributed by atoms with Gasteiger partial charge in [-0.15, -0.1) is 0 Å². The van der Waals surface area contributed by atoms with E-state index in [1.54, 1.807) is 6.08 Å². The first-order valence-electron chi connectivity index (χ1n) is 11.6. The van der Waals surface area contributed by atoms with Gasteiger partial charge in [-0.1, -0.05) is 116 Å². The third-order valence-electron chi connectivity index (χ3n) is 4.97. The van der Waals surface area contributed by atoms with Crippen LogP contribution in [0.4, 0.5) is 0 Å².